The Balaban J connectivity index is 2.25. The van der Waals surface area contributed by atoms with Crippen LogP contribution < -0.4 is 11.5 Å². The average molecular weight is 342 g/mol. The maximum Gasteiger partial charge on any atom is 0.248 e. The second kappa shape index (κ2) is 4.74. The first kappa shape index (κ1) is 11.9. The second-order valence-electron chi connectivity index (χ2n) is 3.63. The molecule has 1 aromatic heterocycles. The maximum atomic E-state index is 11.0. The topological polar surface area (TPSA) is 86.9 Å². The summed E-state index contributed by atoms with van der Waals surface area (Å²) in [4.78, 5) is 11.0. The number of primary amides is 1. The summed E-state index contributed by atoms with van der Waals surface area (Å²) in [5.74, 6) is -0.475. The molecule has 1 heterocycles. The van der Waals surface area contributed by atoms with Crippen LogP contribution in [-0.4, -0.2) is 15.7 Å². The molecule has 0 fully saturated rings. The molecule has 0 unspecified atom stereocenters. The predicted molar refractivity (Wildman–Crippen MR) is 73.4 cm³/mol. The van der Waals surface area contributed by atoms with Crippen LogP contribution in [0.5, 0.6) is 0 Å². The summed E-state index contributed by atoms with van der Waals surface area (Å²) in [6, 6.07) is 5.05. The summed E-state index contributed by atoms with van der Waals surface area (Å²) in [5.41, 5.74) is 12.9. The second-order valence-corrected chi connectivity index (χ2v) is 4.88. The van der Waals surface area contributed by atoms with E-state index in [4.69, 9.17) is 11.5 Å². The molecule has 2 rings (SSSR count). The fourth-order valence-electron chi connectivity index (χ4n) is 1.49. The zero-order valence-electron chi connectivity index (χ0n) is 8.93. The molecule has 0 radical (unpaired) electrons. The Kier molecular flexibility index (Phi) is 3.32. The largest absolute Gasteiger partial charge is 0.398 e. The van der Waals surface area contributed by atoms with Gasteiger partial charge in [0.05, 0.1) is 16.3 Å². The van der Waals surface area contributed by atoms with Gasteiger partial charge in [-0.2, -0.15) is 5.10 Å². The average Bonchev–Trinajstić information content (AvgIpc) is 2.67. The minimum atomic E-state index is -0.475. The number of carbonyl (C=O) groups excluding carboxylic acids is 1. The molecule has 0 aliphatic carbocycles. The molecule has 4 N–H and O–H groups in total. The van der Waals surface area contributed by atoms with E-state index in [0.29, 0.717) is 17.8 Å². The molecule has 17 heavy (non-hydrogen) atoms. The van der Waals surface area contributed by atoms with E-state index >= 15 is 0 Å². The van der Waals surface area contributed by atoms with Gasteiger partial charge in [-0.1, -0.05) is 6.07 Å². The zero-order chi connectivity index (χ0) is 12.4. The molecule has 0 spiro atoms. The molecular weight excluding hydrogens is 331 g/mol. The Labute approximate surface area is 112 Å². The lowest BCUT2D eigenvalue weighted by atomic mass is 10.1. The van der Waals surface area contributed by atoms with Gasteiger partial charge in [0.25, 0.3) is 0 Å². The minimum absolute atomic E-state index is 0.418. The lowest BCUT2D eigenvalue weighted by Crippen LogP contribution is -2.12. The highest BCUT2D eigenvalue weighted by Gasteiger charge is 2.06. The Morgan fingerprint density at radius 1 is 1.47 bits per heavy atom. The van der Waals surface area contributed by atoms with Gasteiger partial charge < -0.3 is 11.5 Å². The van der Waals surface area contributed by atoms with Gasteiger partial charge in [0.2, 0.25) is 5.91 Å². The Morgan fingerprint density at radius 2 is 2.24 bits per heavy atom. The first-order valence-corrected chi connectivity index (χ1v) is 6.00. The standard InChI is InChI=1S/C11H11IN4O/c12-9-4-15-16(6-9)5-8-2-1-7(11(14)17)3-10(8)13/h1-4,6H,5,13H2,(H2,14,17). The monoisotopic (exact) mass is 342 g/mol. The smallest absolute Gasteiger partial charge is 0.248 e. The van der Waals surface area contributed by atoms with E-state index in [0.717, 1.165) is 9.13 Å². The molecular formula is C11H11IN4O. The zero-order valence-corrected chi connectivity index (χ0v) is 11.1. The van der Waals surface area contributed by atoms with Crippen molar-refractivity contribution in [1.29, 1.82) is 0 Å². The van der Waals surface area contributed by atoms with Crippen LogP contribution in [0, 0.1) is 3.57 Å². The molecule has 2 aromatic rings. The molecule has 0 aliphatic rings. The molecule has 6 heteroatoms. The van der Waals surface area contributed by atoms with Crippen LogP contribution in [-0.2, 0) is 6.54 Å². The van der Waals surface area contributed by atoms with Gasteiger partial charge in [0.15, 0.2) is 0 Å². The van der Waals surface area contributed by atoms with Gasteiger partial charge >= 0.3 is 0 Å². The number of nitrogens with zero attached hydrogens (tertiary/aromatic N) is 2. The van der Waals surface area contributed by atoms with E-state index in [9.17, 15) is 4.79 Å². The van der Waals surface area contributed by atoms with E-state index in [-0.39, 0.29) is 0 Å². The third-order valence-electron chi connectivity index (χ3n) is 2.36. The quantitative estimate of drug-likeness (QED) is 0.649. The highest BCUT2D eigenvalue weighted by Crippen LogP contribution is 2.15. The summed E-state index contributed by atoms with van der Waals surface area (Å²) in [6.45, 7) is 0.577. The molecule has 0 saturated heterocycles. The first-order valence-electron chi connectivity index (χ1n) is 4.92. The molecule has 0 atom stereocenters. The van der Waals surface area contributed by atoms with Crippen molar-refractivity contribution in [2.75, 3.05) is 5.73 Å². The van der Waals surface area contributed by atoms with Crippen LogP contribution in [0.3, 0.4) is 0 Å². The number of benzene rings is 1. The van der Waals surface area contributed by atoms with E-state index < -0.39 is 5.91 Å². The number of anilines is 1. The molecule has 1 amide bonds. The van der Waals surface area contributed by atoms with Crippen LogP contribution >= 0.6 is 22.6 Å². The number of amides is 1. The van der Waals surface area contributed by atoms with Crippen LogP contribution in [0.2, 0.25) is 0 Å². The Hall–Kier alpha value is -1.57. The highest BCUT2D eigenvalue weighted by molar-refractivity contribution is 14.1. The fraction of sp³-hybridized carbons (Fsp3) is 0.0909. The highest BCUT2D eigenvalue weighted by atomic mass is 127. The first-order chi connectivity index (χ1) is 8.06. The normalized spacial score (nSPS) is 10.4. The molecule has 88 valence electrons. The number of carbonyl (C=O) groups is 1. The predicted octanol–water partition coefficient (Wildman–Crippen LogP) is 1.22. The van der Waals surface area contributed by atoms with Gasteiger partial charge in [0, 0.05) is 17.4 Å². The van der Waals surface area contributed by atoms with Gasteiger partial charge in [-0.3, -0.25) is 9.48 Å². The van der Waals surface area contributed by atoms with Crippen molar-refractivity contribution in [3.63, 3.8) is 0 Å². The summed E-state index contributed by atoms with van der Waals surface area (Å²) < 4.78 is 2.85. The van der Waals surface area contributed by atoms with Crippen LogP contribution in [0.15, 0.2) is 30.6 Å². The van der Waals surface area contributed by atoms with Gasteiger partial charge in [-0.25, -0.2) is 0 Å². The third-order valence-corrected chi connectivity index (χ3v) is 2.92. The molecule has 1 aromatic carbocycles. The molecule has 0 bridgehead atoms. The Bertz CT molecular complexity index is 564. The lowest BCUT2D eigenvalue weighted by molar-refractivity contribution is 0.100. The van der Waals surface area contributed by atoms with Crippen molar-refractivity contribution >= 4 is 34.2 Å². The summed E-state index contributed by atoms with van der Waals surface area (Å²) in [5, 5.41) is 4.17. The van der Waals surface area contributed by atoms with E-state index in [1.165, 1.54) is 0 Å². The minimum Gasteiger partial charge on any atom is -0.398 e. The number of hydrogen-bond acceptors (Lipinski definition) is 3. The van der Waals surface area contributed by atoms with E-state index in [2.05, 4.69) is 27.7 Å². The molecule has 5 nitrogen and oxygen atoms in total. The van der Waals surface area contributed by atoms with Gasteiger partial charge in [0.1, 0.15) is 0 Å². The molecule has 0 saturated carbocycles. The number of halogens is 1. The van der Waals surface area contributed by atoms with Gasteiger partial charge in [-0.05, 0) is 40.3 Å². The van der Waals surface area contributed by atoms with Crippen molar-refractivity contribution in [2.24, 2.45) is 5.73 Å². The lowest BCUT2D eigenvalue weighted by Gasteiger charge is -2.07. The van der Waals surface area contributed by atoms with Gasteiger partial charge in [-0.15, -0.1) is 0 Å². The van der Waals surface area contributed by atoms with E-state index in [1.54, 1.807) is 29.1 Å². The molecule has 0 aliphatic heterocycles. The summed E-state index contributed by atoms with van der Waals surface area (Å²) >= 11 is 2.19. The number of rotatable bonds is 3. The van der Waals surface area contributed by atoms with Crippen LogP contribution in [0.4, 0.5) is 5.69 Å². The SMILES string of the molecule is NC(=O)c1ccc(Cn2cc(I)cn2)c(N)c1. The fourth-order valence-corrected chi connectivity index (χ4v) is 1.94. The van der Waals surface area contributed by atoms with Crippen molar-refractivity contribution in [3.8, 4) is 0 Å². The number of aromatic nitrogens is 2. The Morgan fingerprint density at radius 3 is 2.76 bits per heavy atom. The van der Waals surface area contributed by atoms with E-state index in [1.807, 2.05) is 6.20 Å². The number of nitrogen functional groups attached to an aromatic ring is 1. The van der Waals surface area contributed by atoms with Crippen LogP contribution in [0.25, 0.3) is 0 Å². The number of nitrogens with two attached hydrogens (primary N) is 2. The van der Waals surface area contributed by atoms with Crippen molar-refractivity contribution in [1.82, 2.24) is 9.78 Å². The summed E-state index contributed by atoms with van der Waals surface area (Å²) in [6.07, 6.45) is 3.69. The number of hydrogen-bond donors (Lipinski definition) is 2. The maximum absolute atomic E-state index is 11.0. The van der Waals surface area contributed by atoms with Crippen molar-refractivity contribution in [3.05, 3.63) is 45.3 Å². The van der Waals surface area contributed by atoms with Crippen molar-refractivity contribution in [2.45, 2.75) is 6.54 Å². The third kappa shape index (κ3) is 2.76. The van der Waals surface area contributed by atoms with Crippen molar-refractivity contribution < 1.29 is 4.79 Å². The summed E-state index contributed by atoms with van der Waals surface area (Å²) in [7, 11) is 0. The van der Waals surface area contributed by atoms with Crippen LogP contribution in [0.1, 0.15) is 15.9 Å².